The third-order valence-corrected chi connectivity index (χ3v) is 8.19. The molecule has 0 radical (unpaired) electrons. The van der Waals surface area contributed by atoms with Gasteiger partial charge in [-0.05, 0) is 35.5 Å². The van der Waals surface area contributed by atoms with Gasteiger partial charge in [0, 0.05) is 27.2 Å². The molecule has 2 aliphatic heterocycles. The Hall–Kier alpha value is -4.19. The van der Waals surface area contributed by atoms with Crippen molar-refractivity contribution >= 4 is 58.3 Å². The van der Waals surface area contributed by atoms with Gasteiger partial charge >= 0.3 is 14.1 Å². The molecule has 1 aliphatic carbocycles. The van der Waals surface area contributed by atoms with Crippen molar-refractivity contribution in [3.05, 3.63) is 82.6 Å². The number of anilines is 1. The molecular formula is C32H30B2N2O4. The van der Waals surface area contributed by atoms with Gasteiger partial charge in [0.15, 0.2) is 0 Å². The summed E-state index contributed by atoms with van der Waals surface area (Å²) in [7, 11) is -0.504. The molecule has 0 bridgehead atoms. The summed E-state index contributed by atoms with van der Waals surface area (Å²) in [5.74, 6) is 1.41. The smallest absolute Gasteiger partial charge is 0.501 e. The van der Waals surface area contributed by atoms with Crippen molar-refractivity contribution in [1.82, 2.24) is 0 Å². The van der Waals surface area contributed by atoms with Crippen LogP contribution in [-0.2, 0) is 4.79 Å². The zero-order valence-electron chi connectivity index (χ0n) is 22.8. The Morgan fingerprint density at radius 2 is 1.52 bits per heavy atom. The predicted octanol–water partition coefficient (Wildman–Crippen LogP) is 6.09. The van der Waals surface area contributed by atoms with Crippen LogP contribution in [-0.4, -0.2) is 25.0 Å². The molecule has 0 fully saturated rings. The minimum absolute atomic E-state index is 0.0105. The molecular weight excluding hydrogens is 498 g/mol. The summed E-state index contributed by atoms with van der Waals surface area (Å²) in [6.07, 6.45) is 5.78. The minimum Gasteiger partial charge on any atom is -0.541 e. The van der Waals surface area contributed by atoms with Gasteiger partial charge in [-0.1, -0.05) is 88.1 Å². The van der Waals surface area contributed by atoms with E-state index in [1.165, 1.54) is 0 Å². The van der Waals surface area contributed by atoms with Crippen LogP contribution in [0, 0.1) is 0 Å². The van der Waals surface area contributed by atoms with E-state index in [4.69, 9.17) is 14.2 Å². The second-order valence-electron chi connectivity index (χ2n) is 10.8. The topological polar surface area (TPSA) is 80.2 Å². The first-order chi connectivity index (χ1) is 19.6. The summed E-state index contributed by atoms with van der Waals surface area (Å²) < 4.78 is 12.5. The van der Waals surface area contributed by atoms with E-state index in [-0.39, 0.29) is 25.6 Å². The SMILES string of the molecule is CCCCB1N=c2/c(=C3\C(=O)C(c4ccc5cccc6c5c4NB(CCCC)O6)=C3O)ccc3cccc(c23)O1. The van der Waals surface area contributed by atoms with Gasteiger partial charge in [-0.25, -0.2) is 0 Å². The van der Waals surface area contributed by atoms with E-state index in [0.717, 1.165) is 82.4 Å². The van der Waals surface area contributed by atoms with E-state index in [0.29, 0.717) is 21.9 Å². The lowest BCUT2D eigenvalue weighted by atomic mass is 9.72. The molecule has 8 heteroatoms. The van der Waals surface area contributed by atoms with Gasteiger partial charge in [0.05, 0.1) is 16.5 Å². The van der Waals surface area contributed by atoms with Crippen LogP contribution >= 0.6 is 0 Å². The fourth-order valence-electron chi connectivity index (χ4n) is 6.15. The number of aliphatic hydroxyl groups excluding tert-OH is 1. The number of hydrogen-bond donors (Lipinski definition) is 2. The predicted molar refractivity (Wildman–Crippen MR) is 162 cm³/mol. The number of benzene rings is 4. The highest BCUT2D eigenvalue weighted by atomic mass is 16.4. The van der Waals surface area contributed by atoms with Gasteiger partial charge in [0.1, 0.15) is 17.3 Å². The molecule has 7 rings (SSSR count). The number of nitrogens with one attached hydrogen (secondary N) is 1. The standard InChI is InChI=1S/C32H30B2N2O4/c1-3-5-17-33-35-29-21(15-13-19-9-7-11-23(39-33)25(19)29)27-31(37)28(32(27)38)22-16-14-20-10-8-12-24-26(20)30(22)36-34(40-24)18-6-4-2/h7-16,35,37H,3-6,17-18H2,1-2H3/b28-22-. The fraction of sp³-hybridized carbons (Fsp3) is 0.250. The van der Waals surface area contributed by atoms with E-state index >= 15 is 0 Å². The number of hydrogen-bond acceptors (Lipinski definition) is 6. The van der Waals surface area contributed by atoms with Crippen molar-refractivity contribution in [2.45, 2.75) is 52.2 Å². The summed E-state index contributed by atoms with van der Waals surface area (Å²) in [5, 5.41) is 20.3. The minimum atomic E-state index is -0.312. The summed E-state index contributed by atoms with van der Waals surface area (Å²) in [6.45, 7) is 4.30. The van der Waals surface area contributed by atoms with E-state index in [2.05, 4.69) is 19.1 Å². The maximum absolute atomic E-state index is 13.9. The molecule has 198 valence electrons. The zero-order valence-corrected chi connectivity index (χ0v) is 22.8. The Kier molecular flexibility index (Phi) is 6.06. The van der Waals surface area contributed by atoms with Crippen LogP contribution in [0.2, 0.25) is 12.6 Å². The molecule has 4 aromatic carbocycles. The van der Waals surface area contributed by atoms with Gasteiger partial charge in [-0.2, -0.15) is 0 Å². The first kappa shape index (κ1) is 24.8. The van der Waals surface area contributed by atoms with E-state index in [1.807, 2.05) is 60.7 Å². The molecule has 0 atom stereocenters. The number of aliphatic hydroxyl groups is 1. The Morgan fingerprint density at radius 3 is 2.27 bits per heavy atom. The summed E-state index contributed by atoms with van der Waals surface area (Å²) >= 11 is 0. The number of carbonyl (C=O) groups excluding carboxylic acids is 1. The van der Waals surface area contributed by atoms with Crippen LogP contribution in [0.3, 0.4) is 0 Å². The molecule has 3 aliphatic rings. The van der Waals surface area contributed by atoms with Crippen LogP contribution < -0.4 is 25.1 Å². The van der Waals surface area contributed by atoms with Crippen molar-refractivity contribution in [2.75, 3.05) is 5.23 Å². The van der Waals surface area contributed by atoms with Crippen molar-refractivity contribution in [1.29, 1.82) is 0 Å². The summed E-state index contributed by atoms with van der Waals surface area (Å²) in [5.41, 5.74) is 2.19. The van der Waals surface area contributed by atoms with Crippen molar-refractivity contribution in [3.63, 3.8) is 0 Å². The zero-order chi connectivity index (χ0) is 27.4. The quantitative estimate of drug-likeness (QED) is 0.284. The number of nitrogens with zero attached hydrogens (tertiary/aromatic N) is 1. The molecule has 2 N–H and O–H groups in total. The van der Waals surface area contributed by atoms with Gasteiger partial charge < -0.3 is 19.6 Å². The Balaban J connectivity index is 1.42. The average molecular weight is 528 g/mol. The lowest BCUT2D eigenvalue weighted by molar-refractivity contribution is -0.109. The normalized spacial score (nSPS) is 16.9. The first-order valence-corrected chi connectivity index (χ1v) is 14.4. The summed E-state index contributed by atoms with van der Waals surface area (Å²) in [6, 6.07) is 19.7. The molecule has 0 saturated heterocycles. The number of ketones is 1. The molecule has 0 saturated carbocycles. The maximum atomic E-state index is 13.9. The van der Waals surface area contributed by atoms with Gasteiger partial charge in [0.25, 0.3) is 0 Å². The van der Waals surface area contributed by atoms with Crippen molar-refractivity contribution < 1.29 is 19.2 Å². The molecule has 0 aromatic heterocycles. The number of allylic oxidation sites excluding steroid dienone is 2. The highest BCUT2D eigenvalue weighted by Crippen LogP contribution is 2.46. The maximum Gasteiger partial charge on any atom is 0.501 e. The molecule has 0 spiro atoms. The fourth-order valence-corrected chi connectivity index (χ4v) is 6.15. The number of unbranched alkanes of at least 4 members (excludes halogenated alkanes) is 2. The average Bonchev–Trinajstić information content (AvgIpc) is 2.97. The third kappa shape index (κ3) is 3.80. The van der Waals surface area contributed by atoms with Gasteiger partial charge in [-0.15, -0.1) is 0 Å². The van der Waals surface area contributed by atoms with Gasteiger partial charge in [0.2, 0.25) is 5.78 Å². The molecule has 4 aromatic rings. The van der Waals surface area contributed by atoms with Crippen LogP contribution in [0.15, 0.2) is 71.3 Å². The number of Topliss-reactive ketones (excluding diaryl/α,β-unsaturated/α-hetero) is 1. The number of carbonyl (C=O) groups is 1. The Labute approximate surface area is 233 Å². The molecule has 40 heavy (non-hydrogen) atoms. The van der Waals surface area contributed by atoms with Crippen LogP contribution in [0.1, 0.15) is 45.1 Å². The molecule has 6 nitrogen and oxygen atoms in total. The first-order valence-electron chi connectivity index (χ1n) is 14.4. The van der Waals surface area contributed by atoms with Crippen LogP contribution in [0.25, 0.3) is 32.7 Å². The van der Waals surface area contributed by atoms with Crippen LogP contribution in [0.4, 0.5) is 5.69 Å². The highest BCUT2D eigenvalue weighted by molar-refractivity contribution is 6.59. The van der Waals surface area contributed by atoms with E-state index in [1.54, 1.807) is 0 Å². The Morgan fingerprint density at radius 1 is 0.825 bits per heavy atom. The van der Waals surface area contributed by atoms with E-state index < -0.39 is 0 Å². The molecule has 0 unspecified atom stereocenters. The number of rotatable bonds is 7. The monoisotopic (exact) mass is 528 g/mol. The van der Waals surface area contributed by atoms with Gasteiger partial charge in [-0.3, -0.25) is 9.70 Å². The van der Waals surface area contributed by atoms with Crippen molar-refractivity contribution in [3.8, 4) is 11.5 Å². The second-order valence-corrected chi connectivity index (χ2v) is 10.8. The van der Waals surface area contributed by atoms with Crippen molar-refractivity contribution in [2.24, 2.45) is 4.90 Å². The third-order valence-electron chi connectivity index (χ3n) is 8.19. The highest BCUT2D eigenvalue weighted by Gasteiger charge is 2.39. The van der Waals surface area contributed by atoms with Crippen LogP contribution in [0.5, 0.6) is 11.5 Å². The largest absolute Gasteiger partial charge is 0.541 e. The van der Waals surface area contributed by atoms with E-state index in [9.17, 15) is 9.90 Å². The molecule has 2 heterocycles. The Bertz CT molecular complexity index is 1870. The lowest BCUT2D eigenvalue weighted by Gasteiger charge is -2.30. The lowest BCUT2D eigenvalue weighted by Crippen LogP contribution is -2.40. The molecule has 0 amide bonds. The summed E-state index contributed by atoms with van der Waals surface area (Å²) in [4.78, 5) is 18.9. The second kappa shape index (κ2) is 9.77.